The Labute approximate surface area is 235 Å². The predicted octanol–water partition coefficient (Wildman–Crippen LogP) is 1.96. The first-order chi connectivity index (χ1) is 19.3. The van der Waals surface area contributed by atoms with E-state index in [0.717, 1.165) is 16.5 Å². The summed E-state index contributed by atoms with van der Waals surface area (Å²) in [4.78, 5) is 44.6. The molecule has 0 aliphatic carbocycles. The number of aromatic nitrogens is 4. The van der Waals surface area contributed by atoms with Crippen LogP contribution < -0.4 is 11.1 Å². The third-order valence-electron chi connectivity index (χ3n) is 6.58. The highest BCUT2D eigenvalue weighted by atomic mass is 16.8. The topological polar surface area (TPSA) is 182 Å². The Hall–Kier alpha value is -4.01. The molecule has 14 heteroatoms. The summed E-state index contributed by atoms with van der Waals surface area (Å²) in [7, 11) is 0. The van der Waals surface area contributed by atoms with Gasteiger partial charge in [0.25, 0.3) is 5.91 Å². The summed E-state index contributed by atoms with van der Waals surface area (Å²) in [6.45, 7) is 8.50. The minimum atomic E-state index is -1.05. The maximum Gasteiger partial charge on any atom is 0.408 e. The molecule has 3 aromatic rings. The highest BCUT2D eigenvalue weighted by molar-refractivity contribution is 5.88. The normalized spacial score (nSPS) is 24.1. The summed E-state index contributed by atoms with van der Waals surface area (Å²) in [6.07, 6.45) is -0.284. The second-order valence-corrected chi connectivity index (χ2v) is 11.4. The van der Waals surface area contributed by atoms with E-state index >= 15 is 0 Å². The number of nitrogens with two attached hydrogens (primary N) is 1. The Morgan fingerprint density at radius 3 is 2.63 bits per heavy atom. The number of hydrogen-bond donors (Lipinski definition) is 3. The number of primary amides is 1. The van der Waals surface area contributed by atoms with Gasteiger partial charge in [-0.15, -0.1) is 5.10 Å². The zero-order valence-corrected chi connectivity index (χ0v) is 23.5. The van der Waals surface area contributed by atoms with Crippen LogP contribution in [0.15, 0.2) is 36.8 Å². The molecule has 0 saturated carbocycles. The van der Waals surface area contributed by atoms with Gasteiger partial charge in [-0.25, -0.2) is 19.3 Å². The number of hydrogen-bond acceptors (Lipinski definition) is 10. The average molecular weight is 571 g/mol. The SMILES string of the molecule is CC(C)(C)OC(=O)N[C@@H](Cc1c[nH]c2ccccc12)C(=O)OCC1OC(n2cnc(C(N)=O)n2)C2OC(C)(C)OC12. The van der Waals surface area contributed by atoms with Crippen molar-refractivity contribution >= 4 is 28.9 Å². The van der Waals surface area contributed by atoms with E-state index in [9.17, 15) is 14.4 Å². The lowest BCUT2D eigenvalue weighted by molar-refractivity contribution is -0.204. The van der Waals surface area contributed by atoms with E-state index in [-0.39, 0.29) is 18.9 Å². The van der Waals surface area contributed by atoms with Crippen LogP contribution in [-0.2, 0) is 34.9 Å². The highest BCUT2D eigenvalue weighted by Crippen LogP contribution is 2.42. The molecule has 2 aromatic heterocycles. The van der Waals surface area contributed by atoms with Gasteiger partial charge in [0.05, 0.1) is 0 Å². The van der Waals surface area contributed by atoms with Gasteiger partial charge in [0.1, 0.15) is 42.9 Å². The Balaban J connectivity index is 1.31. The van der Waals surface area contributed by atoms with Crippen molar-refractivity contribution in [1.29, 1.82) is 0 Å². The Morgan fingerprint density at radius 2 is 1.93 bits per heavy atom. The summed E-state index contributed by atoms with van der Waals surface area (Å²) >= 11 is 0. The van der Waals surface area contributed by atoms with Crippen LogP contribution in [0.4, 0.5) is 4.79 Å². The minimum Gasteiger partial charge on any atom is -0.461 e. The molecule has 1 aromatic carbocycles. The number of carbonyl (C=O) groups excluding carboxylic acids is 3. The number of nitrogens with one attached hydrogen (secondary N) is 2. The Kier molecular flexibility index (Phi) is 7.48. The van der Waals surface area contributed by atoms with Crippen molar-refractivity contribution < 1.29 is 38.1 Å². The number of rotatable bonds is 8. The quantitative estimate of drug-likeness (QED) is 0.339. The van der Waals surface area contributed by atoms with E-state index < -0.39 is 59.9 Å². The number of benzene rings is 1. The lowest BCUT2D eigenvalue weighted by Gasteiger charge is -2.25. The van der Waals surface area contributed by atoms with E-state index in [0.29, 0.717) is 0 Å². The second kappa shape index (κ2) is 10.8. The van der Waals surface area contributed by atoms with Crippen molar-refractivity contribution in [2.24, 2.45) is 5.73 Å². The maximum absolute atomic E-state index is 13.4. The number of fused-ring (bicyclic) bond motifs is 2. The molecule has 2 aliphatic rings. The van der Waals surface area contributed by atoms with Crippen LogP contribution in [0.1, 0.15) is 57.0 Å². The number of amides is 2. The zero-order valence-electron chi connectivity index (χ0n) is 23.5. The van der Waals surface area contributed by atoms with Gasteiger partial charge in [-0.1, -0.05) is 18.2 Å². The van der Waals surface area contributed by atoms with Gasteiger partial charge in [0.2, 0.25) is 5.82 Å². The first kappa shape index (κ1) is 28.5. The van der Waals surface area contributed by atoms with Crippen LogP contribution >= 0.6 is 0 Å². The highest BCUT2D eigenvalue weighted by Gasteiger charge is 2.56. The predicted molar refractivity (Wildman–Crippen MR) is 142 cm³/mol. The number of para-hydroxylation sites is 1. The summed E-state index contributed by atoms with van der Waals surface area (Å²) in [5, 5.41) is 7.65. The number of esters is 1. The lowest BCUT2D eigenvalue weighted by atomic mass is 10.1. The Morgan fingerprint density at radius 1 is 1.20 bits per heavy atom. The molecule has 2 aliphatic heterocycles. The summed E-state index contributed by atoms with van der Waals surface area (Å²) < 4.78 is 30.6. The minimum absolute atomic E-state index is 0.157. The van der Waals surface area contributed by atoms with E-state index in [4.69, 9.17) is 29.4 Å². The van der Waals surface area contributed by atoms with Gasteiger partial charge in [0, 0.05) is 23.5 Å². The van der Waals surface area contributed by atoms with Crippen molar-refractivity contribution in [2.75, 3.05) is 6.61 Å². The molecule has 0 bridgehead atoms. The third kappa shape index (κ3) is 6.34. The average Bonchev–Trinajstić information content (AvgIpc) is 3.64. The smallest absolute Gasteiger partial charge is 0.408 e. The Bertz CT molecular complexity index is 1440. The van der Waals surface area contributed by atoms with Gasteiger partial charge in [-0.05, 0) is 46.2 Å². The maximum atomic E-state index is 13.4. The van der Waals surface area contributed by atoms with Crippen molar-refractivity contribution in [3.63, 3.8) is 0 Å². The third-order valence-corrected chi connectivity index (χ3v) is 6.58. The van der Waals surface area contributed by atoms with E-state index in [1.165, 1.54) is 11.0 Å². The molecule has 4 N–H and O–H groups in total. The molecule has 2 saturated heterocycles. The summed E-state index contributed by atoms with van der Waals surface area (Å²) in [6, 6.07) is 6.59. The van der Waals surface area contributed by atoms with Crippen molar-refractivity contribution in [3.05, 3.63) is 48.2 Å². The van der Waals surface area contributed by atoms with Crippen LogP contribution in [0.3, 0.4) is 0 Å². The molecule has 5 rings (SSSR count). The van der Waals surface area contributed by atoms with Crippen LogP contribution in [-0.4, -0.2) is 80.1 Å². The van der Waals surface area contributed by atoms with Crippen LogP contribution in [0.25, 0.3) is 10.9 Å². The van der Waals surface area contributed by atoms with Gasteiger partial charge >= 0.3 is 12.1 Å². The zero-order chi connectivity index (χ0) is 29.5. The molecule has 5 atom stereocenters. The molecule has 14 nitrogen and oxygen atoms in total. The molecule has 0 radical (unpaired) electrons. The fourth-order valence-corrected chi connectivity index (χ4v) is 4.94. The monoisotopic (exact) mass is 570 g/mol. The fraction of sp³-hybridized carbons (Fsp3) is 0.519. The van der Waals surface area contributed by atoms with Crippen LogP contribution in [0.5, 0.6) is 0 Å². The fourth-order valence-electron chi connectivity index (χ4n) is 4.94. The number of aromatic amines is 1. The number of carbonyl (C=O) groups is 3. The molecule has 2 fully saturated rings. The number of alkyl carbamates (subject to hydrolysis) is 1. The molecule has 4 heterocycles. The number of ether oxygens (including phenoxy) is 5. The molecule has 0 spiro atoms. The van der Waals surface area contributed by atoms with Crippen LogP contribution in [0.2, 0.25) is 0 Å². The van der Waals surface area contributed by atoms with Gasteiger partial charge in [-0.3, -0.25) is 4.79 Å². The molecular weight excluding hydrogens is 536 g/mol. The summed E-state index contributed by atoms with van der Waals surface area (Å²) in [5.74, 6) is -2.58. The first-order valence-electron chi connectivity index (χ1n) is 13.2. The molecule has 41 heavy (non-hydrogen) atoms. The molecule has 4 unspecified atom stereocenters. The molecule has 2 amide bonds. The standard InChI is InChI=1S/C27H34N6O8/c1-26(2,3)41-25(36)31-17(10-14-11-29-16-9-7-6-8-15(14)16)24(35)37-12-18-19-20(40-27(4,5)39-19)23(38-18)33-13-30-22(32-33)21(28)34/h6-9,11,13,17-20,23,29H,10,12H2,1-5H3,(H2,28,34)(H,31,36)/t17-,18?,19?,20?,23?/m0/s1. The van der Waals surface area contributed by atoms with Gasteiger partial charge < -0.3 is 39.7 Å². The number of H-pyrrole nitrogens is 1. The summed E-state index contributed by atoms with van der Waals surface area (Å²) in [5.41, 5.74) is 6.25. The van der Waals surface area contributed by atoms with Gasteiger partial charge in [-0.2, -0.15) is 0 Å². The van der Waals surface area contributed by atoms with Crippen molar-refractivity contribution in [2.45, 2.75) is 83.0 Å². The van der Waals surface area contributed by atoms with Crippen molar-refractivity contribution in [1.82, 2.24) is 25.1 Å². The van der Waals surface area contributed by atoms with Gasteiger partial charge in [0.15, 0.2) is 12.0 Å². The second-order valence-electron chi connectivity index (χ2n) is 11.4. The van der Waals surface area contributed by atoms with E-state index in [1.807, 2.05) is 24.3 Å². The first-order valence-corrected chi connectivity index (χ1v) is 13.2. The number of nitrogens with zero attached hydrogens (tertiary/aromatic N) is 3. The van der Waals surface area contributed by atoms with E-state index in [2.05, 4.69) is 20.4 Å². The molecular formula is C27H34N6O8. The lowest BCUT2D eigenvalue weighted by Crippen LogP contribution is -2.46. The van der Waals surface area contributed by atoms with Crippen molar-refractivity contribution in [3.8, 4) is 0 Å². The van der Waals surface area contributed by atoms with E-state index in [1.54, 1.807) is 40.8 Å². The largest absolute Gasteiger partial charge is 0.461 e. The molecule has 220 valence electrons. The van der Waals surface area contributed by atoms with Crippen LogP contribution in [0, 0.1) is 0 Å².